The van der Waals surface area contributed by atoms with Crippen LogP contribution in [-0.4, -0.2) is 43.2 Å². The molecule has 7 heteroatoms. The normalized spacial score (nSPS) is 18.2. The monoisotopic (exact) mass is 355 g/mol. The zero-order valence-corrected chi connectivity index (χ0v) is 14.6. The van der Waals surface area contributed by atoms with Gasteiger partial charge in [0, 0.05) is 24.3 Å². The van der Waals surface area contributed by atoms with E-state index >= 15 is 0 Å². The first-order valence-electron chi connectivity index (χ1n) is 8.88. The number of hydrogen-bond acceptors (Lipinski definition) is 3. The summed E-state index contributed by atoms with van der Waals surface area (Å²) in [4.78, 5) is 14.4. The molecule has 2 N–H and O–H groups in total. The molecule has 2 rings (SSSR count). The van der Waals surface area contributed by atoms with Crippen molar-refractivity contribution in [1.29, 1.82) is 0 Å². The number of carbonyl (C=O) groups is 1. The summed E-state index contributed by atoms with van der Waals surface area (Å²) in [6, 6.07) is 6.26. The van der Waals surface area contributed by atoms with E-state index in [2.05, 4.69) is 27.2 Å². The van der Waals surface area contributed by atoms with Crippen LogP contribution in [0.15, 0.2) is 24.3 Å². The molecule has 5 nitrogen and oxygen atoms in total. The van der Waals surface area contributed by atoms with E-state index < -0.39 is 6.61 Å². The van der Waals surface area contributed by atoms with Gasteiger partial charge in [0.15, 0.2) is 0 Å². The van der Waals surface area contributed by atoms with Crippen molar-refractivity contribution >= 4 is 11.7 Å². The number of piperidine rings is 1. The van der Waals surface area contributed by atoms with E-state index in [-0.39, 0.29) is 11.8 Å². The number of likely N-dealkylation sites (tertiary alicyclic amines) is 1. The van der Waals surface area contributed by atoms with Crippen molar-refractivity contribution in [3.63, 3.8) is 0 Å². The minimum absolute atomic E-state index is 0.0171. The summed E-state index contributed by atoms with van der Waals surface area (Å²) in [7, 11) is 0. The number of alkyl halides is 2. The predicted octanol–water partition coefficient (Wildman–Crippen LogP) is 4.06. The smallest absolute Gasteiger partial charge is 0.387 e. The van der Waals surface area contributed by atoms with Crippen LogP contribution >= 0.6 is 0 Å². The number of hydrogen-bond donors (Lipinski definition) is 2. The summed E-state index contributed by atoms with van der Waals surface area (Å²) >= 11 is 0. The van der Waals surface area contributed by atoms with Crippen LogP contribution in [0.5, 0.6) is 5.75 Å². The maximum atomic E-state index is 12.2. The highest BCUT2D eigenvalue weighted by Gasteiger charge is 2.17. The number of benzene rings is 1. The summed E-state index contributed by atoms with van der Waals surface area (Å²) in [5.74, 6) is 0.0171. The van der Waals surface area contributed by atoms with E-state index in [0.29, 0.717) is 18.3 Å². The van der Waals surface area contributed by atoms with Gasteiger partial charge in [0.05, 0.1) is 0 Å². The Balaban J connectivity index is 1.62. The van der Waals surface area contributed by atoms with Gasteiger partial charge in [-0.2, -0.15) is 8.78 Å². The van der Waals surface area contributed by atoms with Crippen LogP contribution in [0.2, 0.25) is 0 Å². The Hall–Kier alpha value is -1.89. The van der Waals surface area contributed by atoms with Crippen molar-refractivity contribution < 1.29 is 18.3 Å². The summed E-state index contributed by atoms with van der Waals surface area (Å²) in [6.45, 7) is 2.22. The van der Waals surface area contributed by atoms with Gasteiger partial charge in [0.25, 0.3) is 0 Å². The van der Waals surface area contributed by atoms with Gasteiger partial charge >= 0.3 is 12.6 Å². The minimum atomic E-state index is -2.88. The van der Waals surface area contributed by atoms with E-state index in [0.717, 1.165) is 19.4 Å². The van der Waals surface area contributed by atoms with Crippen LogP contribution in [0.25, 0.3) is 0 Å². The van der Waals surface area contributed by atoms with Gasteiger partial charge in [-0.3, -0.25) is 0 Å². The van der Waals surface area contributed by atoms with Crippen molar-refractivity contribution in [3.8, 4) is 5.75 Å². The second-order valence-electron chi connectivity index (χ2n) is 6.38. The van der Waals surface area contributed by atoms with Gasteiger partial charge in [0.2, 0.25) is 0 Å². The lowest BCUT2D eigenvalue weighted by Gasteiger charge is -2.33. The zero-order valence-electron chi connectivity index (χ0n) is 14.6. The fourth-order valence-corrected chi connectivity index (χ4v) is 3.06. The Bertz CT molecular complexity index is 543. The SMILES string of the molecule is C[C@@H]1CCCCN1CCCCNC(=O)Nc1cccc(OC(F)F)c1. The molecule has 1 saturated heterocycles. The minimum Gasteiger partial charge on any atom is -0.435 e. The molecule has 0 unspecified atom stereocenters. The van der Waals surface area contributed by atoms with Gasteiger partial charge < -0.3 is 20.3 Å². The van der Waals surface area contributed by atoms with Crippen molar-refractivity contribution in [3.05, 3.63) is 24.3 Å². The third-order valence-electron chi connectivity index (χ3n) is 4.42. The lowest BCUT2D eigenvalue weighted by molar-refractivity contribution is -0.0497. The standard InChI is InChI=1S/C18H27F2N3O2/c1-14-7-2-4-11-23(14)12-5-3-10-21-18(24)22-15-8-6-9-16(13-15)25-17(19)20/h6,8-9,13-14,17H,2-5,7,10-12H2,1H3,(H2,21,22,24)/t14-/m1/s1. The van der Waals surface area contributed by atoms with E-state index in [1.165, 1.54) is 37.9 Å². The molecule has 1 aliphatic rings. The number of unbranched alkanes of at least 4 members (excludes halogenated alkanes) is 1. The topological polar surface area (TPSA) is 53.6 Å². The lowest BCUT2D eigenvalue weighted by Crippen LogP contribution is -2.38. The van der Waals surface area contributed by atoms with Gasteiger partial charge in [-0.05, 0) is 57.8 Å². The molecule has 25 heavy (non-hydrogen) atoms. The lowest BCUT2D eigenvalue weighted by atomic mass is 10.0. The highest BCUT2D eigenvalue weighted by molar-refractivity contribution is 5.89. The number of anilines is 1. The van der Waals surface area contributed by atoms with E-state index in [9.17, 15) is 13.6 Å². The van der Waals surface area contributed by atoms with Crippen molar-refractivity contribution in [1.82, 2.24) is 10.2 Å². The molecule has 0 bridgehead atoms. The highest BCUT2D eigenvalue weighted by Crippen LogP contribution is 2.19. The number of urea groups is 1. The highest BCUT2D eigenvalue weighted by atomic mass is 19.3. The average Bonchev–Trinajstić information content (AvgIpc) is 2.56. The summed E-state index contributed by atoms with van der Waals surface area (Å²) in [6.07, 6.45) is 5.82. The molecule has 1 atom stereocenters. The van der Waals surface area contributed by atoms with E-state index in [4.69, 9.17) is 0 Å². The first-order chi connectivity index (χ1) is 12.0. The van der Waals surface area contributed by atoms with E-state index in [1.54, 1.807) is 12.1 Å². The zero-order chi connectivity index (χ0) is 18.1. The molecular weight excluding hydrogens is 328 g/mol. The molecule has 0 aromatic heterocycles. The molecule has 0 radical (unpaired) electrons. The fraction of sp³-hybridized carbons (Fsp3) is 0.611. The number of carbonyl (C=O) groups excluding carboxylic acids is 1. The van der Waals surface area contributed by atoms with Gasteiger partial charge in [-0.1, -0.05) is 12.5 Å². The molecule has 0 spiro atoms. The Labute approximate surface area is 147 Å². The summed E-state index contributed by atoms with van der Waals surface area (Å²) in [5.41, 5.74) is 0.415. The van der Waals surface area contributed by atoms with Crippen LogP contribution in [-0.2, 0) is 0 Å². The Morgan fingerprint density at radius 1 is 1.36 bits per heavy atom. The molecule has 1 aliphatic heterocycles. The molecule has 1 heterocycles. The van der Waals surface area contributed by atoms with Crippen LogP contribution in [0.3, 0.4) is 0 Å². The second-order valence-corrected chi connectivity index (χ2v) is 6.38. The van der Waals surface area contributed by atoms with Crippen LogP contribution in [0.4, 0.5) is 19.3 Å². The average molecular weight is 355 g/mol. The van der Waals surface area contributed by atoms with Gasteiger partial charge in [-0.25, -0.2) is 4.79 Å². The summed E-state index contributed by atoms with van der Waals surface area (Å²) in [5, 5.41) is 5.40. The molecular formula is C18H27F2N3O2. The second kappa shape index (κ2) is 10.2. The fourth-order valence-electron chi connectivity index (χ4n) is 3.06. The predicted molar refractivity (Wildman–Crippen MR) is 94.2 cm³/mol. The maximum absolute atomic E-state index is 12.2. The Morgan fingerprint density at radius 2 is 2.20 bits per heavy atom. The first-order valence-corrected chi connectivity index (χ1v) is 8.88. The molecule has 1 fully saturated rings. The van der Waals surface area contributed by atoms with Crippen LogP contribution in [0.1, 0.15) is 39.0 Å². The Kier molecular flexibility index (Phi) is 7.91. The molecule has 0 aliphatic carbocycles. The number of rotatable bonds is 8. The van der Waals surface area contributed by atoms with Crippen molar-refractivity contribution in [2.45, 2.75) is 51.7 Å². The van der Waals surface area contributed by atoms with Crippen molar-refractivity contribution in [2.24, 2.45) is 0 Å². The van der Waals surface area contributed by atoms with Crippen molar-refractivity contribution in [2.75, 3.05) is 25.0 Å². The molecule has 1 aromatic carbocycles. The number of nitrogens with zero attached hydrogens (tertiary/aromatic N) is 1. The third-order valence-corrected chi connectivity index (χ3v) is 4.42. The molecule has 140 valence electrons. The van der Waals surface area contributed by atoms with E-state index in [1.807, 2.05) is 0 Å². The van der Waals surface area contributed by atoms with Crippen LogP contribution in [0, 0.1) is 0 Å². The summed E-state index contributed by atoms with van der Waals surface area (Å²) < 4.78 is 28.7. The number of halogens is 2. The quantitative estimate of drug-likeness (QED) is 0.691. The molecule has 0 saturated carbocycles. The van der Waals surface area contributed by atoms with Crippen LogP contribution < -0.4 is 15.4 Å². The van der Waals surface area contributed by atoms with Gasteiger partial charge in [-0.15, -0.1) is 0 Å². The largest absolute Gasteiger partial charge is 0.435 e. The third kappa shape index (κ3) is 7.25. The molecule has 2 amide bonds. The maximum Gasteiger partial charge on any atom is 0.387 e. The van der Waals surface area contributed by atoms with Gasteiger partial charge in [0.1, 0.15) is 5.75 Å². The number of amides is 2. The number of ether oxygens (including phenoxy) is 1. The first kappa shape index (κ1) is 19.4. The number of nitrogens with one attached hydrogen (secondary N) is 2. The molecule has 1 aromatic rings. The Morgan fingerprint density at radius 3 is 2.96 bits per heavy atom.